The molecule has 0 spiro atoms. The second kappa shape index (κ2) is 7.16. The van der Waals surface area contributed by atoms with Crippen LogP contribution >= 0.6 is 0 Å². The maximum Gasteiger partial charge on any atom is 0.337 e. The molecule has 0 amide bonds. The van der Waals surface area contributed by atoms with Crippen LogP contribution in [0.1, 0.15) is 18.9 Å². The van der Waals surface area contributed by atoms with Crippen LogP contribution in [0.25, 0.3) is 16.7 Å². The number of anilines is 2. The molecule has 31 heavy (non-hydrogen) atoms. The first-order valence-electron chi connectivity index (χ1n) is 10.3. The van der Waals surface area contributed by atoms with Crippen LogP contribution < -0.4 is 27.6 Å². The molecule has 154 valence electrons. The van der Waals surface area contributed by atoms with E-state index in [4.69, 9.17) is 0 Å². The number of hydrogen-bond donors (Lipinski definition) is 1. The first kappa shape index (κ1) is 19.2. The van der Waals surface area contributed by atoms with Crippen LogP contribution in [0.3, 0.4) is 0 Å². The third-order valence-corrected chi connectivity index (χ3v) is 5.71. The lowest BCUT2D eigenvalue weighted by molar-refractivity contribution is 0.637. The van der Waals surface area contributed by atoms with Gasteiger partial charge in [0, 0.05) is 24.8 Å². The van der Waals surface area contributed by atoms with Crippen LogP contribution in [0.4, 0.5) is 11.4 Å². The Hall–Kier alpha value is -3.81. The van der Waals surface area contributed by atoms with E-state index in [1.165, 1.54) is 19.8 Å². The molecule has 0 atom stereocenters. The van der Waals surface area contributed by atoms with Gasteiger partial charge in [-0.1, -0.05) is 35.8 Å². The van der Waals surface area contributed by atoms with Crippen LogP contribution in [0.2, 0.25) is 0 Å². The Balaban J connectivity index is 1.90. The normalized spacial score (nSPS) is 13.5. The van der Waals surface area contributed by atoms with E-state index < -0.39 is 5.69 Å². The van der Waals surface area contributed by atoms with Crippen molar-refractivity contribution < 1.29 is 0 Å². The number of nitrogens with zero attached hydrogens (tertiary/aromatic N) is 3. The minimum Gasteiger partial charge on any atom is -0.355 e. The van der Waals surface area contributed by atoms with E-state index in [0.717, 1.165) is 24.0 Å². The molecular formula is C23H21BN4O3. The summed E-state index contributed by atoms with van der Waals surface area (Å²) in [6, 6.07) is 18.1. The fraction of sp³-hybridized carbons (Fsp3) is 0.174. The van der Waals surface area contributed by atoms with Gasteiger partial charge in [0.15, 0.2) is 0 Å². The minimum absolute atomic E-state index is 0.108. The zero-order valence-corrected chi connectivity index (χ0v) is 17.3. The summed E-state index contributed by atoms with van der Waals surface area (Å²) in [5, 5.41) is 3.54. The van der Waals surface area contributed by atoms with Crippen molar-refractivity contribution in [3.8, 4) is 5.69 Å². The third kappa shape index (κ3) is 3.20. The summed E-state index contributed by atoms with van der Waals surface area (Å²) in [6.07, 6.45) is 1.59. The third-order valence-electron chi connectivity index (χ3n) is 5.71. The summed E-state index contributed by atoms with van der Waals surface area (Å²) in [6.45, 7) is 0. The Morgan fingerprint density at radius 2 is 1.65 bits per heavy atom. The van der Waals surface area contributed by atoms with Crippen molar-refractivity contribution in [3.63, 3.8) is 0 Å². The topological polar surface area (TPSA) is 78.0 Å². The van der Waals surface area contributed by atoms with Crippen molar-refractivity contribution in [2.45, 2.75) is 18.9 Å². The predicted octanol–water partition coefficient (Wildman–Crippen LogP) is 1.19. The van der Waals surface area contributed by atoms with Crippen LogP contribution in [0.5, 0.6) is 0 Å². The van der Waals surface area contributed by atoms with Crippen molar-refractivity contribution in [1.82, 2.24) is 13.7 Å². The van der Waals surface area contributed by atoms with Gasteiger partial charge in [-0.25, -0.2) is 9.36 Å². The standard InChI is InChI=1S/C23H21BN4O3/c1-26-19(29)13-18(25-15-9-7-14(24)8-10-15)20-21(26)27(16-5-3-2-4-6-16)23(31)28(22(20)30)17-11-12-17/h2-10,13,17,25H,11-12,24H2,1H3. The monoisotopic (exact) mass is 412 g/mol. The van der Waals surface area contributed by atoms with Gasteiger partial charge in [-0.2, -0.15) is 0 Å². The van der Waals surface area contributed by atoms with Gasteiger partial charge in [-0.05, 0) is 37.1 Å². The van der Waals surface area contributed by atoms with E-state index in [-0.39, 0.29) is 22.8 Å². The first-order chi connectivity index (χ1) is 15.0. The maximum atomic E-state index is 13.5. The lowest BCUT2D eigenvalue weighted by Crippen LogP contribution is -2.41. The summed E-state index contributed by atoms with van der Waals surface area (Å²) in [5.74, 6) is 0. The molecule has 5 rings (SSSR count). The molecule has 0 saturated heterocycles. The molecule has 2 aromatic heterocycles. The molecule has 0 aliphatic heterocycles. The van der Waals surface area contributed by atoms with Gasteiger partial charge in [-0.15, -0.1) is 0 Å². The highest BCUT2D eigenvalue weighted by Gasteiger charge is 2.30. The molecule has 1 aliphatic carbocycles. The number of nitrogens with one attached hydrogen (secondary N) is 1. The number of benzene rings is 2. The maximum absolute atomic E-state index is 13.5. The average Bonchev–Trinajstić information content (AvgIpc) is 3.59. The van der Waals surface area contributed by atoms with E-state index in [9.17, 15) is 14.4 Å². The number of aromatic nitrogens is 3. The molecule has 1 fully saturated rings. The minimum atomic E-state index is -0.423. The van der Waals surface area contributed by atoms with Crippen LogP contribution in [0, 0.1) is 0 Å². The van der Waals surface area contributed by atoms with Gasteiger partial charge in [0.1, 0.15) is 18.9 Å². The lowest BCUT2D eigenvalue weighted by Gasteiger charge is -2.18. The Morgan fingerprint density at radius 3 is 2.29 bits per heavy atom. The number of fused-ring (bicyclic) bond motifs is 1. The molecule has 1 N–H and O–H groups in total. The molecule has 0 bridgehead atoms. The number of pyridine rings is 1. The Bertz CT molecular complexity index is 1480. The van der Waals surface area contributed by atoms with Crippen molar-refractivity contribution >= 4 is 35.7 Å². The molecule has 0 unspecified atom stereocenters. The second-order valence-electron chi connectivity index (χ2n) is 8.00. The van der Waals surface area contributed by atoms with E-state index in [2.05, 4.69) is 5.32 Å². The zero-order valence-electron chi connectivity index (χ0n) is 17.3. The van der Waals surface area contributed by atoms with Crippen molar-refractivity contribution in [2.24, 2.45) is 7.05 Å². The summed E-state index contributed by atoms with van der Waals surface area (Å²) >= 11 is 0. The van der Waals surface area contributed by atoms with E-state index in [0.29, 0.717) is 16.8 Å². The van der Waals surface area contributed by atoms with Crippen LogP contribution in [-0.2, 0) is 7.05 Å². The van der Waals surface area contributed by atoms with Crippen molar-refractivity contribution in [1.29, 1.82) is 0 Å². The molecular weight excluding hydrogens is 391 g/mol. The quantitative estimate of drug-likeness (QED) is 0.511. The van der Waals surface area contributed by atoms with Crippen molar-refractivity contribution in [2.75, 3.05) is 5.32 Å². The van der Waals surface area contributed by atoms with E-state index in [1.54, 1.807) is 19.2 Å². The van der Waals surface area contributed by atoms with Gasteiger partial charge in [0.25, 0.3) is 11.1 Å². The smallest absolute Gasteiger partial charge is 0.337 e. The second-order valence-corrected chi connectivity index (χ2v) is 8.00. The SMILES string of the molecule is Bc1ccc(Nc2cc(=O)n(C)c3c2c(=O)n(C2CC2)c(=O)n3-c2ccccc2)cc1. The molecule has 2 heterocycles. The van der Waals surface area contributed by atoms with Gasteiger partial charge in [-0.3, -0.25) is 18.7 Å². The summed E-state index contributed by atoms with van der Waals surface area (Å²) in [4.78, 5) is 39.8. The number of aryl methyl sites for hydroxylation is 1. The number of hydrogen-bond acceptors (Lipinski definition) is 4. The van der Waals surface area contributed by atoms with Crippen molar-refractivity contribution in [3.05, 3.63) is 91.9 Å². The highest BCUT2D eigenvalue weighted by atomic mass is 16.2. The van der Waals surface area contributed by atoms with Gasteiger partial charge in [0.2, 0.25) is 0 Å². The van der Waals surface area contributed by atoms with Gasteiger partial charge < -0.3 is 5.32 Å². The number of para-hydroxylation sites is 1. The molecule has 2 aromatic carbocycles. The Morgan fingerprint density at radius 1 is 0.968 bits per heavy atom. The summed E-state index contributed by atoms with van der Waals surface area (Å²) in [5.41, 5.74) is 2.03. The van der Waals surface area contributed by atoms with E-state index in [1.807, 2.05) is 50.3 Å². The summed E-state index contributed by atoms with van der Waals surface area (Å²) < 4.78 is 4.17. The molecule has 8 heteroatoms. The molecule has 7 nitrogen and oxygen atoms in total. The Kier molecular flexibility index (Phi) is 4.43. The highest BCUT2D eigenvalue weighted by molar-refractivity contribution is 6.32. The lowest BCUT2D eigenvalue weighted by atomic mass is 9.96. The highest BCUT2D eigenvalue weighted by Crippen LogP contribution is 2.33. The van der Waals surface area contributed by atoms with Crippen LogP contribution in [-0.4, -0.2) is 21.5 Å². The van der Waals surface area contributed by atoms with Gasteiger partial charge in [0.05, 0.1) is 11.4 Å². The van der Waals surface area contributed by atoms with E-state index >= 15 is 0 Å². The fourth-order valence-corrected chi connectivity index (χ4v) is 3.92. The molecule has 0 radical (unpaired) electrons. The molecule has 1 aliphatic rings. The summed E-state index contributed by atoms with van der Waals surface area (Å²) in [7, 11) is 3.57. The van der Waals surface area contributed by atoms with Crippen LogP contribution in [0.15, 0.2) is 75.0 Å². The van der Waals surface area contributed by atoms with Gasteiger partial charge >= 0.3 is 5.69 Å². The number of rotatable bonds is 4. The fourth-order valence-electron chi connectivity index (χ4n) is 3.92. The predicted molar refractivity (Wildman–Crippen MR) is 125 cm³/mol. The molecule has 1 saturated carbocycles. The molecule has 4 aromatic rings. The first-order valence-corrected chi connectivity index (χ1v) is 10.3. The average molecular weight is 412 g/mol. The zero-order chi connectivity index (χ0) is 21.7. The Labute approximate surface area is 178 Å². The largest absolute Gasteiger partial charge is 0.355 e.